The highest BCUT2D eigenvalue weighted by molar-refractivity contribution is 7.99. The molecule has 0 amide bonds. The molecular weight excluding hydrogens is 374 g/mol. The van der Waals surface area contributed by atoms with Crippen molar-refractivity contribution < 1.29 is 14.2 Å². The van der Waals surface area contributed by atoms with Gasteiger partial charge in [0.1, 0.15) is 18.1 Å². The lowest BCUT2D eigenvalue weighted by atomic mass is 10.3. The van der Waals surface area contributed by atoms with Crippen LogP contribution in [0.15, 0.2) is 59.8 Å². The third-order valence-electron chi connectivity index (χ3n) is 4.56. The first kappa shape index (κ1) is 18.8. The fourth-order valence-corrected chi connectivity index (χ4v) is 4.12. The number of rotatable bonds is 8. The van der Waals surface area contributed by atoms with E-state index in [1.165, 1.54) is 0 Å². The van der Waals surface area contributed by atoms with Crippen molar-refractivity contribution in [1.29, 1.82) is 0 Å². The van der Waals surface area contributed by atoms with Crippen LogP contribution in [-0.2, 0) is 11.3 Å². The maximum Gasteiger partial charge on any atom is 0.196 e. The van der Waals surface area contributed by atoms with E-state index in [1.54, 1.807) is 18.9 Å². The summed E-state index contributed by atoms with van der Waals surface area (Å²) in [5, 5.41) is 9.66. The number of benzene rings is 2. The van der Waals surface area contributed by atoms with Crippen LogP contribution in [0.2, 0.25) is 0 Å². The van der Waals surface area contributed by atoms with E-state index >= 15 is 0 Å². The first-order valence-corrected chi connectivity index (χ1v) is 10.3. The molecule has 0 aliphatic carbocycles. The van der Waals surface area contributed by atoms with Gasteiger partial charge in [-0.25, -0.2) is 0 Å². The van der Waals surface area contributed by atoms with Crippen LogP contribution < -0.4 is 9.47 Å². The molecule has 1 aliphatic rings. The molecule has 0 saturated carbocycles. The van der Waals surface area contributed by atoms with Gasteiger partial charge in [-0.1, -0.05) is 30.0 Å². The Bertz CT molecular complexity index is 878. The molecule has 4 rings (SSSR count). The third-order valence-corrected chi connectivity index (χ3v) is 5.63. The van der Waals surface area contributed by atoms with Gasteiger partial charge in [-0.2, -0.15) is 0 Å². The van der Waals surface area contributed by atoms with Crippen LogP contribution in [0, 0.1) is 0 Å². The predicted octanol–water partition coefficient (Wildman–Crippen LogP) is 4.13. The molecule has 6 nitrogen and oxygen atoms in total. The Kier molecular flexibility index (Phi) is 6.14. The van der Waals surface area contributed by atoms with E-state index < -0.39 is 0 Å². The Balaban J connectivity index is 1.51. The van der Waals surface area contributed by atoms with E-state index in [1.807, 2.05) is 42.5 Å². The number of hydrogen-bond donors (Lipinski definition) is 0. The fourth-order valence-electron chi connectivity index (χ4n) is 3.09. The van der Waals surface area contributed by atoms with Gasteiger partial charge in [0.15, 0.2) is 11.0 Å². The van der Waals surface area contributed by atoms with Crippen molar-refractivity contribution in [3.05, 3.63) is 60.4 Å². The summed E-state index contributed by atoms with van der Waals surface area (Å²) in [7, 11) is 1.65. The molecule has 0 spiro atoms. The van der Waals surface area contributed by atoms with E-state index in [9.17, 15) is 0 Å². The molecule has 1 fully saturated rings. The van der Waals surface area contributed by atoms with E-state index in [-0.39, 0.29) is 0 Å². The summed E-state index contributed by atoms with van der Waals surface area (Å²) in [6.07, 6.45) is 2.54. The van der Waals surface area contributed by atoms with E-state index in [0.717, 1.165) is 53.4 Å². The van der Waals surface area contributed by atoms with Crippen LogP contribution in [-0.4, -0.2) is 40.3 Å². The summed E-state index contributed by atoms with van der Waals surface area (Å²) >= 11 is 1.68. The Morgan fingerprint density at radius 3 is 2.57 bits per heavy atom. The zero-order chi connectivity index (χ0) is 19.2. The first-order chi connectivity index (χ1) is 13.8. The van der Waals surface area contributed by atoms with E-state index in [4.69, 9.17) is 14.2 Å². The second kappa shape index (κ2) is 9.12. The zero-order valence-electron chi connectivity index (χ0n) is 15.8. The van der Waals surface area contributed by atoms with Gasteiger partial charge >= 0.3 is 0 Å². The number of methoxy groups -OCH3 is 1. The highest BCUT2D eigenvalue weighted by Crippen LogP contribution is 2.26. The highest BCUT2D eigenvalue weighted by atomic mass is 32.2. The Labute approximate surface area is 168 Å². The molecule has 2 aromatic carbocycles. The van der Waals surface area contributed by atoms with Gasteiger partial charge in [-0.05, 0) is 49.2 Å². The Morgan fingerprint density at radius 1 is 1.07 bits per heavy atom. The van der Waals surface area contributed by atoms with Crippen molar-refractivity contribution in [3.63, 3.8) is 0 Å². The standard InChI is InChI=1S/C21H23N3O3S/c1-25-17-9-11-18(12-10-17)27-14-20-22-23-21(28-15-19-8-5-13-26-19)24(20)16-6-3-2-4-7-16/h2-4,6-7,9-12,19H,5,8,13-15H2,1H3/t19-/m0/s1. The molecular formula is C21H23N3O3S. The van der Waals surface area contributed by atoms with Crippen molar-refractivity contribution in [1.82, 2.24) is 14.8 Å². The van der Waals surface area contributed by atoms with Crippen molar-refractivity contribution in [2.24, 2.45) is 0 Å². The summed E-state index contributed by atoms with van der Waals surface area (Å²) in [6, 6.07) is 17.6. The lowest BCUT2D eigenvalue weighted by Gasteiger charge is -2.12. The topological polar surface area (TPSA) is 58.4 Å². The minimum absolute atomic E-state index is 0.296. The summed E-state index contributed by atoms with van der Waals surface area (Å²) in [6.45, 7) is 1.19. The molecule has 0 N–H and O–H groups in total. The van der Waals surface area contributed by atoms with E-state index in [2.05, 4.69) is 26.9 Å². The van der Waals surface area contributed by atoms with E-state index in [0.29, 0.717) is 12.7 Å². The van der Waals surface area contributed by atoms with Gasteiger partial charge in [-0.15, -0.1) is 10.2 Å². The minimum atomic E-state index is 0.296. The van der Waals surface area contributed by atoms with Crippen LogP contribution in [0.1, 0.15) is 18.7 Å². The highest BCUT2D eigenvalue weighted by Gasteiger charge is 2.20. The molecule has 7 heteroatoms. The maximum absolute atomic E-state index is 5.93. The molecule has 1 saturated heterocycles. The van der Waals surface area contributed by atoms with Gasteiger partial charge in [0.05, 0.1) is 13.2 Å². The first-order valence-electron chi connectivity index (χ1n) is 9.34. The van der Waals surface area contributed by atoms with Gasteiger partial charge in [-0.3, -0.25) is 4.57 Å². The molecule has 28 heavy (non-hydrogen) atoms. The van der Waals surface area contributed by atoms with Crippen molar-refractivity contribution in [2.45, 2.75) is 30.7 Å². The molecule has 2 heterocycles. The monoisotopic (exact) mass is 397 g/mol. The zero-order valence-corrected chi connectivity index (χ0v) is 16.6. The lowest BCUT2D eigenvalue weighted by molar-refractivity contribution is 0.129. The molecule has 0 unspecified atom stereocenters. The van der Waals surface area contributed by atoms with Crippen LogP contribution in [0.4, 0.5) is 0 Å². The molecule has 3 aromatic rings. The number of aromatic nitrogens is 3. The SMILES string of the molecule is COc1ccc(OCc2nnc(SC[C@@H]3CCCO3)n2-c2ccccc2)cc1. The number of ether oxygens (including phenoxy) is 3. The summed E-state index contributed by atoms with van der Waals surface area (Å²) in [5.74, 6) is 3.20. The summed E-state index contributed by atoms with van der Waals surface area (Å²) in [4.78, 5) is 0. The van der Waals surface area contributed by atoms with Gasteiger partial charge in [0, 0.05) is 18.0 Å². The molecule has 1 atom stereocenters. The smallest absolute Gasteiger partial charge is 0.196 e. The fraction of sp³-hybridized carbons (Fsp3) is 0.333. The molecule has 0 bridgehead atoms. The van der Waals surface area contributed by atoms with Crippen molar-refractivity contribution in [2.75, 3.05) is 19.5 Å². The Hall–Kier alpha value is -2.51. The van der Waals surface area contributed by atoms with Gasteiger partial charge < -0.3 is 14.2 Å². The average molecular weight is 398 g/mol. The normalized spacial score (nSPS) is 16.2. The Morgan fingerprint density at radius 2 is 1.86 bits per heavy atom. The van der Waals surface area contributed by atoms with Crippen molar-refractivity contribution >= 4 is 11.8 Å². The van der Waals surface area contributed by atoms with Crippen LogP contribution >= 0.6 is 11.8 Å². The second-order valence-electron chi connectivity index (χ2n) is 6.48. The molecule has 1 aromatic heterocycles. The van der Waals surface area contributed by atoms with Crippen molar-refractivity contribution in [3.8, 4) is 17.2 Å². The number of para-hydroxylation sites is 1. The van der Waals surface area contributed by atoms with Gasteiger partial charge in [0.25, 0.3) is 0 Å². The van der Waals surface area contributed by atoms with Crippen LogP contribution in [0.3, 0.4) is 0 Å². The minimum Gasteiger partial charge on any atom is -0.497 e. The third kappa shape index (κ3) is 4.48. The summed E-state index contributed by atoms with van der Waals surface area (Å²) in [5.41, 5.74) is 1.02. The number of nitrogens with zero attached hydrogens (tertiary/aromatic N) is 3. The van der Waals surface area contributed by atoms with Crippen LogP contribution in [0.25, 0.3) is 5.69 Å². The number of thioether (sulfide) groups is 1. The van der Waals surface area contributed by atoms with Gasteiger partial charge in [0.2, 0.25) is 0 Å². The second-order valence-corrected chi connectivity index (χ2v) is 7.47. The molecule has 1 aliphatic heterocycles. The largest absolute Gasteiger partial charge is 0.497 e. The number of hydrogen-bond acceptors (Lipinski definition) is 6. The van der Waals surface area contributed by atoms with Crippen LogP contribution in [0.5, 0.6) is 11.5 Å². The molecule has 146 valence electrons. The lowest BCUT2D eigenvalue weighted by Crippen LogP contribution is -2.10. The average Bonchev–Trinajstić information content (AvgIpc) is 3.41. The maximum atomic E-state index is 5.93. The predicted molar refractivity (Wildman–Crippen MR) is 108 cm³/mol. The quantitative estimate of drug-likeness (QED) is 0.533. The molecule has 0 radical (unpaired) electrons. The summed E-state index contributed by atoms with van der Waals surface area (Å²) < 4.78 is 18.9.